The number of methoxy groups -OCH3 is 1. The van der Waals surface area contributed by atoms with Crippen molar-refractivity contribution in [2.24, 2.45) is 0 Å². The Bertz CT molecular complexity index is 152. The van der Waals surface area contributed by atoms with Crippen LogP contribution in [0.2, 0.25) is 0 Å². The number of hydrogen-bond donors (Lipinski definition) is 1. The number of unbranched alkanes of at least 4 members (excludes halogenated alkanes) is 1. The van der Waals surface area contributed by atoms with Gasteiger partial charge >= 0.3 is 0 Å². The Hall–Kier alpha value is -0.120. The van der Waals surface area contributed by atoms with Crippen LogP contribution in [0.15, 0.2) is 0 Å². The van der Waals surface area contributed by atoms with Gasteiger partial charge in [-0.1, -0.05) is 19.8 Å². The van der Waals surface area contributed by atoms with Crippen molar-refractivity contribution in [3.8, 4) is 0 Å². The summed E-state index contributed by atoms with van der Waals surface area (Å²) >= 11 is 0. The SMILES string of the molecule is CCCCC1NCCOC1(C)OC. The van der Waals surface area contributed by atoms with Crippen LogP contribution >= 0.6 is 0 Å². The Morgan fingerprint density at radius 1 is 1.62 bits per heavy atom. The molecule has 1 saturated heterocycles. The van der Waals surface area contributed by atoms with E-state index in [1.807, 2.05) is 6.92 Å². The molecule has 0 aromatic rings. The van der Waals surface area contributed by atoms with Crippen molar-refractivity contribution in [2.75, 3.05) is 20.3 Å². The summed E-state index contributed by atoms with van der Waals surface area (Å²) in [5, 5.41) is 3.45. The van der Waals surface area contributed by atoms with E-state index in [2.05, 4.69) is 12.2 Å². The van der Waals surface area contributed by atoms with Crippen LogP contribution in [0.1, 0.15) is 33.1 Å². The largest absolute Gasteiger partial charge is 0.352 e. The van der Waals surface area contributed by atoms with Crippen LogP contribution in [0, 0.1) is 0 Å². The zero-order chi connectivity index (χ0) is 9.73. The van der Waals surface area contributed by atoms with Crippen molar-refractivity contribution in [3.63, 3.8) is 0 Å². The van der Waals surface area contributed by atoms with Crippen molar-refractivity contribution in [3.05, 3.63) is 0 Å². The fourth-order valence-corrected chi connectivity index (χ4v) is 1.75. The van der Waals surface area contributed by atoms with Crippen LogP contribution in [0.3, 0.4) is 0 Å². The first kappa shape index (κ1) is 11.0. The predicted octanol–water partition coefficient (Wildman–Crippen LogP) is 1.53. The number of morpholine rings is 1. The smallest absolute Gasteiger partial charge is 0.180 e. The molecule has 1 heterocycles. The minimum Gasteiger partial charge on any atom is -0.352 e. The molecule has 78 valence electrons. The highest BCUT2D eigenvalue weighted by Crippen LogP contribution is 2.23. The normalized spacial score (nSPS) is 34.8. The first-order valence-electron chi connectivity index (χ1n) is 5.15. The maximum atomic E-state index is 5.64. The molecule has 1 N–H and O–H groups in total. The minimum atomic E-state index is -0.423. The van der Waals surface area contributed by atoms with E-state index in [1.165, 1.54) is 12.8 Å². The molecular formula is C10H21NO2. The summed E-state index contributed by atoms with van der Waals surface area (Å²) < 4.78 is 11.0. The summed E-state index contributed by atoms with van der Waals surface area (Å²) in [6.45, 7) is 5.90. The molecule has 0 saturated carbocycles. The molecule has 1 rings (SSSR count). The lowest BCUT2D eigenvalue weighted by atomic mass is 10.0. The van der Waals surface area contributed by atoms with Gasteiger partial charge < -0.3 is 14.8 Å². The quantitative estimate of drug-likeness (QED) is 0.724. The van der Waals surface area contributed by atoms with Crippen LogP contribution in [0.25, 0.3) is 0 Å². The number of ether oxygens (including phenoxy) is 2. The molecule has 0 aromatic heterocycles. The van der Waals surface area contributed by atoms with E-state index >= 15 is 0 Å². The van der Waals surface area contributed by atoms with Crippen molar-refractivity contribution >= 4 is 0 Å². The zero-order valence-electron chi connectivity index (χ0n) is 8.93. The topological polar surface area (TPSA) is 30.5 Å². The molecule has 0 radical (unpaired) electrons. The number of rotatable bonds is 4. The van der Waals surface area contributed by atoms with Crippen molar-refractivity contribution in [1.29, 1.82) is 0 Å². The Kier molecular flexibility index (Phi) is 4.16. The molecule has 2 unspecified atom stereocenters. The second-order valence-electron chi connectivity index (χ2n) is 3.72. The van der Waals surface area contributed by atoms with Gasteiger partial charge in [0.25, 0.3) is 0 Å². The first-order valence-corrected chi connectivity index (χ1v) is 5.15. The summed E-state index contributed by atoms with van der Waals surface area (Å²) in [6, 6.07) is 0.339. The molecule has 3 heteroatoms. The van der Waals surface area contributed by atoms with Gasteiger partial charge in [-0.2, -0.15) is 0 Å². The monoisotopic (exact) mass is 187 g/mol. The van der Waals surface area contributed by atoms with Crippen molar-refractivity contribution in [2.45, 2.75) is 44.9 Å². The van der Waals surface area contributed by atoms with Gasteiger partial charge in [0.1, 0.15) is 0 Å². The summed E-state index contributed by atoms with van der Waals surface area (Å²) in [5.41, 5.74) is 0. The standard InChI is InChI=1S/C10H21NO2/c1-4-5-6-9-10(2,12-3)13-8-7-11-9/h9,11H,4-8H2,1-3H3. The Morgan fingerprint density at radius 2 is 2.38 bits per heavy atom. The van der Waals surface area contributed by atoms with Gasteiger partial charge in [0.15, 0.2) is 5.79 Å². The van der Waals surface area contributed by atoms with Gasteiger partial charge in [-0.25, -0.2) is 0 Å². The molecule has 1 aliphatic rings. The van der Waals surface area contributed by atoms with Crippen molar-refractivity contribution in [1.82, 2.24) is 5.32 Å². The maximum Gasteiger partial charge on any atom is 0.180 e. The third-order valence-corrected chi connectivity index (χ3v) is 2.77. The number of nitrogens with one attached hydrogen (secondary N) is 1. The van der Waals surface area contributed by atoms with Crippen LogP contribution in [0.4, 0.5) is 0 Å². The molecule has 0 spiro atoms. The molecule has 0 aliphatic carbocycles. The lowest BCUT2D eigenvalue weighted by molar-refractivity contribution is -0.244. The van der Waals surface area contributed by atoms with E-state index < -0.39 is 5.79 Å². The number of hydrogen-bond acceptors (Lipinski definition) is 3. The van der Waals surface area contributed by atoms with Crippen LogP contribution in [-0.2, 0) is 9.47 Å². The molecule has 0 aromatic carbocycles. The summed E-state index contributed by atoms with van der Waals surface area (Å²) in [6.07, 6.45) is 3.57. The van der Waals surface area contributed by atoms with Gasteiger partial charge in [-0.05, 0) is 13.3 Å². The average Bonchev–Trinajstić information content (AvgIpc) is 2.17. The van der Waals surface area contributed by atoms with Gasteiger partial charge in [0.05, 0.1) is 12.6 Å². The molecule has 2 atom stereocenters. The van der Waals surface area contributed by atoms with Gasteiger partial charge in [-0.3, -0.25) is 0 Å². The molecule has 1 fully saturated rings. The van der Waals surface area contributed by atoms with Crippen LogP contribution in [0.5, 0.6) is 0 Å². The lowest BCUT2D eigenvalue weighted by Crippen LogP contribution is -2.57. The third-order valence-electron chi connectivity index (χ3n) is 2.77. The van der Waals surface area contributed by atoms with E-state index in [-0.39, 0.29) is 0 Å². The summed E-state index contributed by atoms with van der Waals surface area (Å²) in [7, 11) is 1.71. The molecule has 0 amide bonds. The Labute approximate surface area is 80.8 Å². The zero-order valence-corrected chi connectivity index (χ0v) is 8.93. The fourth-order valence-electron chi connectivity index (χ4n) is 1.75. The molecule has 0 bridgehead atoms. The summed E-state index contributed by atoms with van der Waals surface area (Å²) in [4.78, 5) is 0. The van der Waals surface area contributed by atoms with E-state index in [0.717, 1.165) is 19.6 Å². The van der Waals surface area contributed by atoms with E-state index in [4.69, 9.17) is 9.47 Å². The van der Waals surface area contributed by atoms with Crippen molar-refractivity contribution < 1.29 is 9.47 Å². The average molecular weight is 187 g/mol. The highest BCUT2D eigenvalue weighted by molar-refractivity contribution is 4.84. The second kappa shape index (κ2) is 4.94. The molecular weight excluding hydrogens is 166 g/mol. The second-order valence-corrected chi connectivity index (χ2v) is 3.72. The van der Waals surface area contributed by atoms with Crippen LogP contribution in [-0.4, -0.2) is 32.1 Å². The Morgan fingerprint density at radius 3 is 3.00 bits per heavy atom. The molecule has 1 aliphatic heterocycles. The van der Waals surface area contributed by atoms with Gasteiger partial charge in [0, 0.05) is 13.7 Å². The van der Waals surface area contributed by atoms with Crippen LogP contribution < -0.4 is 5.32 Å². The predicted molar refractivity (Wildman–Crippen MR) is 52.7 cm³/mol. The lowest BCUT2D eigenvalue weighted by Gasteiger charge is -2.40. The van der Waals surface area contributed by atoms with Gasteiger partial charge in [0.2, 0.25) is 0 Å². The van der Waals surface area contributed by atoms with E-state index in [0.29, 0.717) is 6.04 Å². The van der Waals surface area contributed by atoms with E-state index in [1.54, 1.807) is 7.11 Å². The third kappa shape index (κ3) is 2.66. The molecule has 13 heavy (non-hydrogen) atoms. The highest BCUT2D eigenvalue weighted by Gasteiger charge is 2.37. The highest BCUT2D eigenvalue weighted by atomic mass is 16.7. The van der Waals surface area contributed by atoms with Gasteiger partial charge in [-0.15, -0.1) is 0 Å². The Balaban J connectivity index is 2.46. The maximum absolute atomic E-state index is 5.64. The first-order chi connectivity index (χ1) is 6.23. The van der Waals surface area contributed by atoms with E-state index in [9.17, 15) is 0 Å². The minimum absolute atomic E-state index is 0.339. The molecule has 3 nitrogen and oxygen atoms in total. The fraction of sp³-hybridized carbons (Fsp3) is 1.00. The summed E-state index contributed by atoms with van der Waals surface area (Å²) in [5.74, 6) is -0.423.